The number of aryl methyl sites for hydroxylation is 1. The third kappa shape index (κ3) is 3.40. The molecule has 0 bridgehead atoms. The molecule has 0 aliphatic carbocycles. The summed E-state index contributed by atoms with van der Waals surface area (Å²) in [7, 11) is 0. The van der Waals surface area contributed by atoms with E-state index in [1.54, 1.807) is 34.5 Å². The number of rotatable bonds is 5. The number of aromatic nitrogens is 5. The summed E-state index contributed by atoms with van der Waals surface area (Å²) in [6.07, 6.45) is 3.16. The summed E-state index contributed by atoms with van der Waals surface area (Å²) in [6.45, 7) is 2.66. The number of H-pyrrole nitrogens is 1. The maximum atomic E-state index is 12.4. The Balaban J connectivity index is 1.43. The number of nitrogens with one attached hydrogen (secondary N) is 2. The second-order valence-corrected chi connectivity index (χ2v) is 6.76. The van der Waals surface area contributed by atoms with Crippen molar-refractivity contribution < 1.29 is 4.79 Å². The van der Waals surface area contributed by atoms with Crippen LogP contribution in [0.4, 0.5) is 5.82 Å². The molecule has 0 radical (unpaired) electrons. The molecule has 26 heavy (non-hydrogen) atoms. The zero-order chi connectivity index (χ0) is 17.9. The van der Waals surface area contributed by atoms with E-state index in [4.69, 9.17) is 0 Å². The number of benzene rings is 1. The first kappa shape index (κ1) is 16.2. The van der Waals surface area contributed by atoms with Crippen LogP contribution in [0.5, 0.6) is 0 Å². The summed E-state index contributed by atoms with van der Waals surface area (Å²) in [6, 6.07) is 11.3. The molecule has 0 spiro atoms. The fourth-order valence-electron chi connectivity index (χ4n) is 2.60. The van der Waals surface area contributed by atoms with Crippen LogP contribution < -0.4 is 5.32 Å². The largest absolute Gasteiger partial charge is 0.305 e. The van der Waals surface area contributed by atoms with E-state index in [1.807, 2.05) is 30.5 Å². The third-order valence-corrected chi connectivity index (χ3v) is 5.00. The van der Waals surface area contributed by atoms with Crippen LogP contribution in [0.15, 0.2) is 54.4 Å². The minimum Gasteiger partial charge on any atom is -0.305 e. The molecule has 1 aromatic carbocycles. The molecule has 0 saturated carbocycles. The number of carbonyl (C=O) groups is 1. The fourth-order valence-corrected chi connectivity index (χ4v) is 3.50. The molecule has 4 rings (SSSR count). The first-order valence-electron chi connectivity index (χ1n) is 8.01. The molecule has 130 valence electrons. The lowest BCUT2D eigenvalue weighted by atomic mass is 10.1. The SMILES string of the molecule is Cc1ccsc1-c1cc(NC(=O)c2ccc(Cn3cncn3)cc2)n[nH]1. The van der Waals surface area contributed by atoms with Crippen molar-refractivity contribution in [1.82, 2.24) is 25.0 Å². The van der Waals surface area contributed by atoms with E-state index in [2.05, 4.69) is 31.7 Å². The van der Waals surface area contributed by atoms with Crippen molar-refractivity contribution in [3.05, 3.63) is 71.1 Å². The number of carbonyl (C=O) groups excluding carboxylic acids is 1. The van der Waals surface area contributed by atoms with E-state index < -0.39 is 0 Å². The van der Waals surface area contributed by atoms with Crippen molar-refractivity contribution >= 4 is 23.1 Å². The summed E-state index contributed by atoms with van der Waals surface area (Å²) in [4.78, 5) is 17.5. The molecular weight excluding hydrogens is 348 g/mol. The van der Waals surface area contributed by atoms with Crippen LogP contribution >= 0.6 is 11.3 Å². The molecule has 0 atom stereocenters. The first-order valence-corrected chi connectivity index (χ1v) is 8.89. The first-order chi connectivity index (χ1) is 12.7. The van der Waals surface area contributed by atoms with Crippen molar-refractivity contribution in [3.8, 4) is 10.6 Å². The second kappa shape index (κ2) is 6.93. The van der Waals surface area contributed by atoms with E-state index in [9.17, 15) is 4.79 Å². The van der Waals surface area contributed by atoms with E-state index in [0.29, 0.717) is 17.9 Å². The van der Waals surface area contributed by atoms with Crippen LogP contribution in [0.1, 0.15) is 21.5 Å². The topological polar surface area (TPSA) is 88.5 Å². The third-order valence-electron chi connectivity index (χ3n) is 3.95. The zero-order valence-corrected chi connectivity index (χ0v) is 14.8. The van der Waals surface area contributed by atoms with Gasteiger partial charge in [0.05, 0.1) is 17.1 Å². The summed E-state index contributed by atoms with van der Waals surface area (Å²) in [5.74, 6) is 0.308. The van der Waals surface area contributed by atoms with Gasteiger partial charge in [0.2, 0.25) is 0 Å². The van der Waals surface area contributed by atoms with Crippen LogP contribution in [0.25, 0.3) is 10.6 Å². The van der Waals surface area contributed by atoms with Gasteiger partial charge in [-0.15, -0.1) is 11.3 Å². The van der Waals surface area contributed by atoms with Crippen LogP contribution in [-0.2, 0) is 6.54 Å². The van der Waals surface area contributed by atoms with Gasteiger partial charge in [-0.2, -0.15) is 10.2 Å². The van der Waals surface area contributed by atoms with Crippen molar-refractivity contribution in [1.29, 1.82) is 0 Å². The molecule has 0 aliphatic rings. The normalized spacial score (nSPS) is 10.8. The average molecular weight is 364 g/mol. The number of hydrogen-bond donors (Lipinski definition) is 2. The van der Waals surface area contributed by atoms with Crippen LogP contribution in [-0.4, -0.2) is 30.9 Å². The van der Waals surface area contributed by atoms with E-state index in [1.165, 1.54) is 11.9 Å². The summed E-state index contributed by atoms with van der Waals surface area (Å²) in [5, 5.41) is 16.1. The summed E-state index contributed by atoms with van der Waals surface area (Å²) in [5.41, 5.74) is 3.70. The minimum absolute atomic E-state index is 0.196. The monoisotopic (exact) mass is 364 g/mol. The molecule has 0 saturated heterocycles. The van der Waals surface area contributed by atoms with Gasteiger partial charge in [-0.05, 0) is 41.6 Å². The number of nitrogens with zero attached hydrogens (tertiary/aromatic N) is 4. The lowest BCUT2D eigenvalue weighted by Gasteiger charge is -2.04. The average Bonchev–Trinajstić information content (AvgIpc) is 3.38. The maximum Gasteiger partial charge on any atom is 0.256 e. The van der Waals surface area contributed by atoms with Gasteiger partial charge in [0.1, 0.15) is 12.7 Å². The highest BCUT2D eigenvalue weighted by molar-refractivity contribution is 7.13. The molecule has 0 unspecified atom stereocenters. The predicted octanol–water partition coefficient (Wildman–Crippen LogP) is 3.34. The Labute approximate surface area is 153 Å². The van der Waals surface area contributed by atoms with Gasteiger partial charge in [0.15, 0.2) is 5.82 Å². The quantitative estimate of drug-likeness (QED) is 0.568. The molecule has 7 nitrogen and oxygen atoms in total. The fraction of sp³-hybridized carbons (Fsp3) is 0.111. The maximum absolute atomic E-state index is 12.4. The van der Waals surface area contributed by atoms with E-state index >= 15 is 0 Å². The highest BCUT2D eigenvalue weighted by atomic mass is 32.1. The van der Waals surface area contributed by atoms with Gasteiger partial charge in [0, 0.05) is 11.6 Å². The lowest BCUT2D eigenvalue weighted by molar-refractivity contribution is 0.102. The van der Waals surface area contributed by atoms with E-state index in [-0.39, 0.29) is 5.91 Å². The number of aromatic amines is 1. The molecular formula is C18H16N6OS. The molecule has 4 aromatic rings. The Morgan fingerprint density at radius 2 is 2.12 bits per heavy atom. The van der Waals surface area contributed by atoms with Gasteiger partial charge in [0.25, 0.3) is 5.91 Å². The Kier molecular flexibility index (Phi) is 4.32. The van der Waals surface area contributed by atoms with E-state index in [0.717, 1.165) is 16.1 Å². The van der Waals surface area contributed by atoms with Crippen molar-refractivity contribution in [2.45, 2.75) is 13.5 Å². The Hall–Kier alpha value is -3.26. The Morgan fingerprint density at radius 1 is 1.27 bits per heavy atom. The number of thiophene rings is 1. The van der Waals surface area contributed by atoms with Gasteiger partial charge in [-0.25, -0.2) is 9.67 Å². The summed E-state index contributed by atoms with van der Waals surface area (Å²) < 4.78 is 1.73. The number of anilines is 1. The second-order valence-electron chi connectivity index (χ2n) is 5.84. The molecule has 8 heteroatoms. The number of amides is 1. The minimum atomic E-state index is -0.196. The van der Waals surface area contributed by atoms with Crippen molar-refractivity contribution in [2.24, 2.45) is 0 Å². The van der Waals surface area contributed by atoms with Crippen molar-refractivity contribution in [2.75, 3.05) is 5.32 Å². The Morgan fingerprint density at radius 3 is 2.81 bits per heavy atom. The standard InChI is InChI=1S/C18H16N6OS/c1-12-6-7-26-17(12)15-8-16(23-22-15)21-18(25)14-4-2-13(3-5-14)9-24-11-19-10-20-24/h2-8,10-11H,9H2,1H3,(H2,21,22,23,25). The van der Waals surface area contributed by atoms with Crippen LogP contribution in [0.2, 0.25) is 0 Å². The van der Waals surface area contributed by atoms with Crippen molar-refractivity contribution in [3.63, 3.8) is 0 Å². The molecule has 1 amide bonds. The van der Waals surface area contributed by atoms with Gasteiger partial charge >= 0.3 is 0 Å². The van der Waals surface area contributed by atoms with Gasteiger partial charge in [-0.3, -0.25) is 9.89 Å². The van der Waals surface area contributed by atoms with Gasteiger partial charge < -0.3 is 5.32 Å². The zero-order valence-electron chi connectivity index (χ0n) is 14.0. The molecule has 3 aromatic heterocycles. The number of hydrogen-bond acceptors (Lipinski definition) is 5. The highest BCUT2D eigenvalue weighted by Crippen LogP contribution is 2.28. The van der Waals surface area contributed by atoms with Crippen LogP contribution in [0.3, 0.4) is 0 Å². The Bertz CT molecular complexity index is 1020. The molecule has 3 heterocycles. The van der Waals surface area contributed by atoms with Crippen LogP contribution in [0, 0.1) is 6.92 Å². The lowest BCUT2D eigenvalue weighted by Crippen LogP contribution is -2.12. The van der Waals surface area contributed by atoms with Gasteiger partial charge in [-0.1, -0.05) is 12.1 Å². The smallest absolute Gasteiger partial charge is 0.256 e. The molecule has 0 aliphatic heterocycles. The predicted molar refractivity (Wildman–Crippen MR) is 100 cm³/mol. The molecule has 0 fully saturated rings. The molecule has 2 N–H and O–H groups in total. The highest BCUT2D eigenvalue weighted by Gasteiger charge is 2.11. The summed E-state index contributed by atoms with van der Waals surface area (Å²) >= 11 is 1.64.